The number of guanidine groups is 1. The molecule has 2 fully saturated rings. The van der Waals surface area contributed by atoms with Gasteiger partial charge in [0.25, 0.3) is 0 Å². The third-order valence-electron chi connectivity index (χ3n) is 9.67. The monoisotopic (exact) mass is 618 g/mol. The molecule has 2 rings (SSSR count). The Labute approximate surface area is 274 Å². The number of nitrogens with one attached hydrogen (secondary N) is 2. The SMILES string of the molecule is CC(C)N(CCCCCCN(C(N)=NC=NC(C)(C)CC(C)(C)C)C1CC(C)(C)NC(C)(C)C1)C1C(C)(C)CNCC1(C)C. The highest BCUT2D eigenvalue weighted by Crippen LogP contribution is 2.41. The van der Waals surface area contributed by atoms with Gasteiger partial charge in [0, 0.05) is 48.8 Å². The average Bonchev–Trinajstić information content (AvgIpc) is 2.77. The summed E-state index contributed by atoms with van der Waals surface area (Å²) in [5, 5.41) is 7.54. The summed E-state index contributed by atoms with van der Waals surface area (Å²) in [6.45, 7) is 39.2. The predicted octanol–water partition coefficient (Wildman–Crippen LogP) is 7.45. The highest BCUT2D eigenvalue weighted by atomic mass is 15.3. The van der Waals surface area contributed by atoms with Crippen molar-refractivity contribution < 1.29 is 0 Å². The lowest BCUT2D eigenvalue weighted by molar-refractivity contribution is -0.0421. The van der Waals surface area contributed by atoms with Crippen LogP contribution in [0.1, 0.15) is 149 Å². The second-order valence-corrected chi connectivity index (χ2v) is 19.2. The molecule has 2 aliphatic heterocycles. The number of rotatable bonds is 13. The Morgan fingerprint density at radius 2 is 1.34 bits per heavy atom. The van der Waals surface area contributed by atoms with Crippen LogP contribution in [-0.4, -0.2) is 83.0 Å². The molecule has 0 bridgehead atoms. The summed E-state index contributed by atoms with van der Waals surface area (Å²) in [6.07, 6.45) is 9.61. The van der Waals surface area contributed by atoms with Crippen LogP contribution >= 0.6 is 0 Å². The van der Waals surface area contributed by atoms with Gasteiger partial charge in [0.05, 0.1) is 5.54 Å². The molecule has 0 radical (unpaired) electrons. The van der Waals surface area contributed by atoms with Crippen LogP contribution in [0.25, 0.3) is 0 Å². The third-order valence-corrected chi connectivity index (χ3v) is 9.67. The van der Waals surface area contributed by atoms with Crippen LogP contribution in [0.5, 0.6) is 0 Å². The first kappa shape index (κ1) is 39.0. The van der Waals surface area contributed by atoms with E-state index in [2.05, 4.69) is 124 Å². The number of hydrogen-bond acceptors (Lipinski definition) is 4. The van der Waals surface area contributed by atoms with Crippen LogP contribution < -0.4 is 16.4 Å². The topological polar surface area (TPSA) is 81.3 Å². The van der Waals surface area contributed by atoms with E-state index in [4.69, 9.17) is 15.7 Å². The van der Waals surface area contributed by atoms with Crippen molar-refractivity contribution in [2.24, 2.45) is 32.0 Å². The molecule has 0 saturated carbocycles. The van der Waals surface area contributed by atoms with E-state index in [9.17, 15) is 0 Å². The molecule has 4 N–H and O–H groups in total. The van der Waals surface area contributed by atoms with Crippen molar-refractivity contribution in [1.82, 2.24) is 20.4 Å². The van der Waals surface area contributed by atoms with Crippen LogP contribution in [-0.2, 0) is 0 Å². The Kier molecular flexibility index (Phi) is 13.0. The second kappa shape index (κ2) is 14.7. The van der Waals surface area contributed by atoms with E-state index in [0.29, 0.717) is 24.1 Å². The fraction of sp³-hybridized carbons (Fsp3) is 0.946. The van der Waals surface area contributed by atoms with Crippen LogP contribution in [0.3, 0.4) is 0 Å². The number of unbranched alkanes of at least 4 members (excludes halogenated alkanes) is 3. The maximum absolute atomic E-state index is 6.78. The summed E-state index contributed by atoms with van der Waals surface area (Å²) in [4.78, 5) is 14.8. The molecule has 0 unspecified atom stereocenters. The number of hydrogen-bond donors (Lipinski definition) is 3. The zero-order valence-corrected chi connectivity index (χ0v) is 32.0. The summed E-state index contributed by atoms with van der Waals surface area (Å²) < 4.78 is 0. The Balaban J connectivity index is 2.09. The molecular formula is C37H75N7. The molecule has 7 nitrogen and oxygen atoms in total. The van der Waals surface area contributed by atoms with Gasteiger partial charge in [0.15, 0.2) is 5.96 Å². The zero-order chi connectivity index (χ0) is 33.8. The van der Waals surface area contributed by atoms with Gasteiger partial charge >= 0.3 is 0 Å². The molecule has 258 valence electrons. The van der Waals surface area contributed by atoms with Crippen molar-refractivity contribution in [1.29, 1.82) is 0 Å². The molecule has 0 aliphatic carbocycles. The van der Waals surface area contributed by atoms with E-state index in [1.54, 1.807) is 6.34 Å². The first-order valence-electron chi connectivity index (χ1n) is 17.8. The van der Waals surface area contributed by atoms with E-state index in [-0.39, 0.29) is 32.9 Å². The van der Waals surface area contributed by atoms with E-state index in [1.165, 1.54) is 25.8 Å². The van der Waals surface area contributed by atoms with Gasteiger partial charge in [0.1, 0.15) is 6.34 Å². The predicted molar refractivity (Wildman–Crippen MR) is 194 cm³/mol. The molecule has 0 aromatic rings. The molecule has 0 aromatic heterocycles. The summed E-state index contributed by atoms with van der Waals surface area (Å²) in [6, 6.07) is 1.47. The van der Waals surface area contributed by atoms with Gasteiger partial charge in [-0.1, -0.05) is 61.3 Å². The fourth-order valence-corrected chi connectivity index (χ4v) is 9.11. The largest absolute Gasteiger partial charge is 0.369 e. The third kappa shape index (κ3) is 12.2. The molecular weight excluding hydrogens is 542 g/mol. The van der Waals surface area contributed by atoms with E-state index < -0.39 is 0 Å². The fourth-order valence-electron chi connectivity index (χ4n) is 9.11. The highest BCUT2D eigenvalue weighted by Gasteiger charge is 2.47. The number of nitrogens with zero attached hydrogens (tertiary/aromatic N) is 4. The van der Waals surface area contributed by atoms with Crippen molar-refractivity contribution in [2.45, 2.75) is 184 Å². The van der Waals surface area contributed by atoms with Crippen LogP contribution in [0.2, 0.25) is 0 Å². The first-order valence-corrected chi connectivity index (χ1v) is 17.8. The highest BCUT2D eigenvalue weighted by molar-refractivity contribution is 5.86. The Morgan fingerprint density at radius 1 is 0.841 bits per heavy atom. The molecule has 2 saturated heterocycles. The average molecular weight is 618 g/mol. The van der Waals surface area contributed by atoms with E-state index >= 15 is 0 Å². The van der Waals surface area contributed by atoms with E-state index in [1.807, 2.05) is 0 Å². The summed E-state index contributed by atoms with van der Waals surface area (Å²) in [7, 11) is 0. The van der Waals surface area contributed by atoms with Crippen LogP contribution in [0.4, 0.5) is 0 Å². The van der Waals surface area contributed by atoms with Crippen molar-refractivity contribution in [2.75, 3.05) is 26.2 Å². The van der Waals surface area contributed by atoms with Gasteiger partial charge in [-0.05, 0) is 110 Å². The van der Waals surface area contributed by atoms with Crippen molar-refractivity contribution in [3.63, 3.8) is 0 Å². The van der Waals surface area contributed by atoms with Gasteiger partial charge in [-0.25, -0.2) is 4.99 Å². The van der Waals surface area contributed by atoms with Crippen LogP contribution in [0, 0.1) is 16.2 Å². The minimum Gasteiger partial charge on any atom is -0.369 e. The van der Waals surface area contributed by atoms with Gasteiger partial charge in [-0.2, -0.15) is 0 Å². The van der Waals surface area contributed by atoms with Crippen LogP contribution in [0.15, 0.2) is 9.98 Å². The number of piperidine rings is 2. The Bertz CT molecular complexity index is 919. The lowest BCUT2D eigenvalue weighted by Gasteiger charge is -2.55. The summed E-state index contributed by atoms with van der Waals surface area (Å²) in [5.74, 6) is 0.611. The van der Waals surface area contributed by atoms with Crippen molar-refractivity contribution in [3.05, 3.63) is 0 Å². The molecule has 7 heteroatoms. The molecule has 0 aromatic carbocycles. The smallest absolute Gasteiger partial charge is 0.197 e. The quantitative estimate of drug-likeness (QED) is 0.114. The maximum Gasteiger partial charge on any atom is 0.197 e. The molecule has 2 aliphatic rings. The Morgan fingerprint density at radius 3 is 1.82 bits per heavy atom. The maximum atomic E-state index is 6.78. The minimum absolute atomic E-state index is 0.0459. The molecule has 0 spiro atoms. The van der Waals surface area contributed by atoms with E-state index in [0.717, 1.165) is 45.3 Å². The lowest BCUT2D eigenvalue weighted by Crippen LogP contribution is -2.64. The molecule has 0 atom stereocenters. The first-order chi connectivity index (χ1) is 19.9. The number of nitrogens with two attached hydrogens (primary N) is 1. The van der Waals surface area contributed by atoms with Gasteiger partial charge in [-0.3, -0.25) is 9.89 Å². The van der Waals surface area contributed by atoms with Gasteiger partial charge < -0.3 is 21.3 Å². The Hall–Kier alpha value is -1.18. The molecule has 2 heterocycles. The standard InChI is InChI=1S/C37H75N7/c1-28(2)43(30-33(6,7)25-39-26-34(30,8)9)20-18-16-17-19-21-44(29-22-35(10,11)42-36(12,13)23-29)31(38)40-27-41-37(14,15)24-32(3,4)5/h27-30,39,42H,16-26H2,1-15H3,(H2,38,40,41). The van der Waals surface area contributed by atoms with Crippen molar-refractivity contribution >= 4 is 12.3 Å². The lowest BCUT2D eigenvalue weighted by atomic mass is 9.66. The minimum atomic E-state index is -0.173. The second-order valence-electron chi connectivity index (χ2n) is 19.2. The molecule has 44 heavy (non-hydrogen) atoms. The molecule has 0 amide bonds. The van der Waals surface area contributed by atoms with Gasteiger partial charge in [0.2, 0.25) is 0 Å². The normalized spacial score (nSPS) is 23.2. The van der Waals surface area contributed by atoms with Gasteiger partial charge in [-0.15, -0.1) is 0 Å². The summed E-state index contributed by atoms with van der Waals surface area (Å²) in [5.41, 5.74) is 7.42. The summed E-state index contributed by atoms with van der Waals surface area (Å²) >= 11 is 0. The number of aliphatic imine (C=N–C) groups is 2. The van der Waals surface area contributed by atoms with Crippen molar-refractivity contribution in [3.8, 4) is 0 Å². The zero-order valence-electron chi connectivity index (χ0n) is 32.0.